The molecule has 0 unspecified atom stereocenters. The van der Waals surface area contributed by atoms with Crippen LogP contribution in [0.25, 0.3) is 22.6 Å². The lowest BCUT2D eigenvalue weighted by molar-refractivity contribution is 0.0342. The fourth-order valence-corrected chi connectivity index (χ4v) is 4.47. The Balaban J connectivity index is 1.16. The lowest BCUT2D eigenvalue weighted by Gasteiger charge is -2.26. The first-order chi connectivity index (χ1) is 18.6. The number of hydrogen-bond acceptors (Lipinski definition) is 7. The number of ether oxygens (including phenoxy) is 2. The van der Waals surface area contributed by atoms with Crippen LogP contribution in [0.15, 0.2) is 65.4 Å². The normalized spacial score (nSPS) is 14.1. The Hall–Kier alpha value is -4.41. The number of hydrogen-bond donors (Lipinski definition) is 3. The Morgan fingerprint density at radius 1 is 1.13 bits per heavy atom. The van der Waals surface area contributed by atoms with Crippen molar-refractivity contribution in [3.05, 3.63) is 83.4 Å². The van der Waals surface area contributed by atoms with Crippen LogP contribution in [0, 0.1) is 6.92 Å². The number of amides is 1. The van der Waals surface area contributed by atoms with E-state index in [2.05, 4.69) is 37.5 Å². The van der Waals surface area contributed by atoms with Crippen molar-refractivity contribution in [1.82, 2.24) is 25.1 Å². The third kappa shape index (κ3) is 5.17. The molecule has 1 aliphatic rings. The molecule has 1 fully saturated rings. The minimum Gasteiger partial charge on any atom is -0.486 e. The smallest absolute Gasteiger partial charge is 0.259 e. The number of aromatic nitrogens is 4. The second kappa shape index (κ2) is 10.5. The Morgan fingerprint density at radius 3 is 2.82 bits per heavy atom. The van der Waals surface area contributed by atoms with Crippen molar-refractivity contribution in [1.29, 1.82) is 0 Å². The molecule has 0 radical (unpaired) electrons. The van der Waals surface area contributed by atoms with Gasteiger partial charge in [-0.2, -0.15) is 5.10 Å². The van der Waals surface area contributed by atoms with Crippen LogP contribution in [0.5, 0.6) is 5.75 Å². The first-order valence-electron chi connectivity index (χ1n) is 12.5. The number of morpholine rings is 1. The number of benzene rings is 2. The first-order valence-corrected chi connectivity index (χ1v) is 12.5. The van der Waals surface area contributed by atoms with Crippen molar-refractivity contribution in [2.75, 3.05) is 31.6 Å². The maximum Gasteiger partial charge on any atom is 0.259 e. The van der Waals surface area contributed by atoms with E-state index >= 15 is 0 Å². The molecule has 0 saturated carbocycles. The summed E-state index contributed by atoms with van der Waals surface area (Å²) < 4.78 is 16.8. The number of aryl methyl sites for hydroxylation is 1. The number of furan rings is 1. The van der Waals surface area contributed by atoms with Gasteiger partial charge < -0.3 is 24.2 Å². The summed E-state index contributed by atoms with van der Waals surface area (Å²) in [6.45, 7) is 6.38. The lowest BCUT2D eigenvalue weighted by Crippen LogP contribution is -2.35. The molecule has 1 saturated heterocycles. The molecule has 10 nitrogen and oxygen atoms in total. The van der Waals surface area contributed by atoms with Crippen LogP contribution >= 0.6 is 0 Å². The number of imidazole rings is 1. The molecule has 0 bridgehead atoms. The highest BCUT2D eigenvalue weighted by Crippen LogP contribution is 2.27. The summed E-state index contributed by atoms with van der Waals surface area (Å²) in [4.78, 5) is 23.6. The SMILES string of the molecule is Cc1ccc(OCc2occc2C(=O)Nc2c[nH]nc2-c2nc3cc(CN4CCOCC4)ccc3[nH]2)cc1. The van der Waals surface area contributed by atoms with Gasteiger partial charge in [0.15, 0.2) is 17.3 Å². The van der Waals surface area contributed by atoms with E-state index < -0.39 is 0 Å². The van der Waals surface area contributed by atoms with Crippen LogP contribution in [0.4, 0.5) is 5.69 Å². The number of carbonyl (C=O) groups excluding carboxylic acids is 1. The molecule has 38 heavy (non-hydrogen) atoms. The third-order valence-corrected chi connectivity index (χ3v) is 6.55. The van der Waals surface area contributed by atoms with E-state index in [-0.39, 0.29) is 12.5 Å². The molecular formula is C28H28N6O4. The highest BCUT2D eigenvalue weighted by molar-refractivity contribution is 6.06. The standard InChI is InChI=1S/C28H28N6O4/c1-18-2-5-20(6-3-18)38-17-25-21(8-11-37-25)28(35)32-24-15-29-33-26(24)27-30-22-7-4-19(14-23(22)31-27)16-34-9-12-36-13-10-34/h2-8,11,14-15H,9-10,12-13,16-17H2,1H3,(H,29,33)(H,30,31)(H,32,35). The minimum atomic E-state index is -0.326. The zero-order chi connectivity index (χ0) is 25.9. The second-order valence-electron chi connectivity index (χ2n) is 9.29. The van der Waals surface area contributed by atoms with E-state index in [4.69, 9.17) is 18.9 Å². The molecule has 4 heterocycles. The molecule has 0 spiro atoms. The van der Waals surface area contributed by atoms with Crippen molar-refractivity contribution in [2.24, 2.45) is 0 Å². The third-order valence-electron chi connectivity index (χ3n) is 6.55. The average molecular weight is 513 g/mol. The zero-order valence-corrected chi connectivity index (χ0v) is 21.0. The maximum atomic E-state index is 13.1. The quantitative estimate of drug-likeness (QED) is 0.280. The molecular weight excluding hydrogens is 484 g/mol. The number of nitrogens with zero attached hydrogens (tertiary/aromatic N) is 3. The molecule has 5 aromatic rings. The van der Waals surface area contributed by atoms with Gasteiger partial charge in [0.05, 0.1) is 41.8 Å². The predicted octanol–water partition coefficient (Wildman–Crippen LogP) is 4.52. The van der Waals surface area contributed by atoms with Crippen molar-refractivity contribution in [3.8, 4) is 17.3 Å². The second-order valence-corrected chi connectivity index (χ2v) is 9.29. The summed E-state index contributed by atoms with van der Waals surface area (Å²) in [5, 5.41) is 10.1. The van der Waals surface area contributed by atoms with E-state index in [9.17, 15) is 4.79 Å². The highest BCUT2D eigenvalue weighted by atomic mass is 16.5. The number of nitrogens with one attached hydrogen (secondary N) is 3. The van der Waals surface area contributed by atoms with Crippen LogP contribution in [0.2, 0.25) is 0 Å². The summed E-state index contributed by atoms with van der Waals surface area (Å²) in [5.74, 6) is 1.38. The summed E-state index contributed by atoms with van der Waals surface area (Å²) in [5.41, 5.74) is 5.49. The van der Waals surface area contributed by atoms with E-state index in [1.165, 1.54) is 11.8 Å². The number of carbonyl (C=O) groups is 1. The molecule has 3 aromatic heterocycles. The Bertz CT molecular complexity index is 1550. The molecule has 0 aliphatic carbocycles. The lowest BCUT2D eigenvalue weighted by atomic mass is 10.2. The van der Waals surface area contributed by atoms with E-state index in [1.807, 2.05) is 37.3 Å². The topological polar surface area (TPSA) is 121 Å². The van der Waals surface area contributed by atoms with Gasteiger partial charge in [0.1, 0.15) is 12.4 Å². The Morgan fingerprint density at radius 2 is 1.97 bits per heavy atom. The van der Waals surface area contributed by atoms with Crippen molar-refractivity contribution in [3.63, 3.8) is 0 Å². The maximum absolute atomic E-state index is 13.1. The summed E-state index contributed by atoms with van der Waals surface area (Å²) in [6, 6.07) is 15.5. The van der Waals surface area contributed by atoms with E-state index in [0.717, 1.165) is 49.4 Å². The number of H-pyrrole nitrogens is 2. The van der Waals surface area contributed by atoms with Crippen LogP contribution in [-0.2, 0) is 17.9 Å². The van der Waals surface area contributed by atoms with Gasteiger partial charge in [-0.05, 0) is 42.8 Å². The van der Waals surface area contributed by atoms with Gasteiger partial charge in [-0.3, -0.25) is 14.8 Å². The molecule has 194 valence electrons. The molecule has 2 aromatic carbocycles. The predicted molar refractivity (Wildman–Crippen MR) is 142 cm³/mol. The van der Waals surface area contributed by atoms with Gasteiger partial charge in [-0.25, -0.2) is 4.98 Å². The van der Waals surface area contributed by atoms with E-state index in [1.54, 1.807) is 12.3 Å². The summed E-state index contributed by atoms with van der Waals surface area (Å²) in [7, 11) is 0. The van der Waals surface area contributed by atoms with E-state index in [0.29, 0.717) is 34.3 Å². The monoisotopic (exact) mass is 512 g/mol. The minimum absolute atomic E-state index is 0.132. The molecule has 3 N–H and O–H groups in total. The van der Waals surface area contributed by atoms with Crippen molar-refractivity contribution in [2.45, 2.75) is 20.1 Å². The Labute approximate surface area is 219 Å². The number of fused-ring (bicyclic) bond motifs is 1. The average Bonchev–Trinajstić information content (AvgIpc) is 3.68. The van der Waals surface area contributed by atoms with Crippen molar-refractivity contribution >= 4 is 22.6 Å². The summed E-state index contributed by atoms with van der Waals surface area (Å²) in [6.07, 6.45) is 3.11. The van der Waals surface area contributed by atoms with Gasteiger partial charge in [-0.1, -0.05) is 23.8 Å². The Kier molecular flexibility index (Phi) is 6.63. The fraction of sp³-hybridized carbons (Fsp3) is 0.250. The van der Waals surface area contributed by atoms with Gasteiger partial charge in [0.2, 0.25) is 0 Å². The highest BCUT2D eigenvalue weighted by Gasteiger charge is 2.20. The zero-order valence-electron chi connectivity index (χ0n) is 21.0. The molecule has 1 amide bonds. The van der Waals surface area contributed by atoms with Gasteiger partial charge in [-0.15, -0.1) is 0 Å². The van der Waals surface area contributed by atoms with Gasteiger partial charge >= 0.3 is 0 Å². The molecule has 10 heteroatoms. The van der Waals surface area contributed by atoms with Crippen LogP contribution in [0.3, 0.4) is 0 Å². The molecule has 0 atom stereocenters. The van der Waals surface area contributed by atoms with Crippen molar-refractivity contribution < 1.29 is 18.7 Å². The number of aromatic amines is 2. The van der Waals surface area contributed by atoms with Crippen LogP contribution in [-0.4, -0.2) is 57.3 Å². The fourth-order valence-electron chi connectivity index (χ4n) is 4.47. The van der Waals surface area contributed by atoms with Crippen LogP contribution in [0.1, 0.15) is 27.2 Å². The van der Waals surface area contributed by atoms with Gasteiger partial charge in [0.25, 0.3) is 5.91 Å². The first kappa shape index (κ1) is 24.0. The van der Waals surface area contributed by atoms with Crippen LogP contribution < -0.4 is 10.1 Å². The molecule has 1 aliphatic heterocycles. The largest absolute Gasteiger partial charge is 0.486 e. The molecule has 6 rings (SSSR count). The number of rotatable bonds is 8. The van der Waals surface area contributed by atoms with Gasteiger partial charge in [0, 0.05) is 25.8 Å². The number of anilines is 1. The summed E-state index contributed by atoms with van der Waals surface area (Å²) >= 11 is 0.